The summed E-state index contributed by atoms with van der Waals surface area (Å²) in [5.41, 5.74) is 2.07. The first-order chi connectivity index (χ1) is 16.6. The highest BCUT2D eigenvalue weighted by molar-refractivity contribution is 5.74. The normalized spacial score (nSPS) is 18.9. The molecule has 1 saturated heterocycles. The van der Waals surface area contributed by atoms with Gasteiger partial charge in [-0.2, -0.15) is 0 Å². The summed E-state index contributed by atoms with van der Waals surface area (Å²) in [5.74, 6) is 0.819. The van der Waals surface area contributed by atoms with Crippen molar-refractivity contribution in [3.8, 4) is 5.75 Å². The molecule has 2 N–H and O–H groups in total. The fraction of sp³-hybridized carbons (Fsp3) is 0.556. The molecule has 6 nitrogen and oxygen atoms in total. The Bertz CT molecular complexity index is 912. The van der Waals surface area contributed by atoms with Gasteiger partial charge in [-0.15, -0.1) is 0 Å². The van der Waals surface area contributed by atoms with Gasteiger partial charge in [-0.1, -0.05) is 25.3 Å². The minimum absolute atomic E-state index is 0.00644. The van der Waals surface area contributed by atoms with Gasteiger partial charge in [0.25, 0.3) is 0 Å². The molecule has 1 atom stereocenters. The van der Waals surface area contributed by atoms with Crippen LogP contribution in [-0.4, -0.2) is 54.7 Å². The van der Waals surface area contributed by atoms with E-state index in [0.29, 0.717) is 0 Å². The van der Waals surface area contributed by atoms with Gasteiger partial charge in [0.15, 0.2) is 0 Å². The van der Waals surface area contributed by atoms with Gasteiger partial charge < -0.3 is 20.3 Å². The Labute approximate surface area is 202 Å². The van der Waals surface area contributed by atoms with Gasteiger partial charge in [-0.05, 0) is 80.9 Å². The molecule has 1 aromatic carbocycles. The lowest BCUT2D eigenvalue weighted by Crippen LogP contribution is -2.52. The first kappa shape index (κ1) is 24.5. The number of ether oxygens (including phenoxy) is 1. The fourth-order valence-corrected chi connectivity index (χ4v) is 5.39. The lowest BCUT2D eigenvalue weighted by atomic mass is 9.88. The van der Waals surface area contributed by atoms with E-state index in [9.17, 15) is 9.18 Å². The Morgan fingerprint density at radius 3 is 2.68 bits per heavy atom. The average molecular weight is 469 g/mol. The number of methoxy groups -OCH3 is 1. The van der Waals surface area contributed by atoms with Gasteiger partial charge in [-0.25, -0.2) is 9.18 Å². The third-order valence-electron chi connectivity index (χ3n) is 7.18. The topological polar surface area (TPSA) is 66.5 Å². The summed E-state index contributed by atoms with van der Waals surface area (Å²) in [6, 6.07) is 8.98. The van der Waals surface area contributed by atoms with E-state index >= 15 is 0 Å². The van der Waals surface area contributed by atoms with Gasteiger partial charge in [0.1, 0.15) is 11.6 Å². The fourth-order valence-electron chi connectivity index (χ4n) is 5.39. The zero-order valence-corrected chi connectivity index (χ0v) is 20.1. The lowest BCUT2D eigenvalue weighted by Gasteiger charge is -2.35. The number of hydrogen-bond acceptors (Lipinski definition) is 4. The highest BCUT2D eigenvalue weighted by Gasteiger charge is 2.26. The molecule has 34 heavy (non-hydrogen) atoms. The van der Waals surface area contributed by atoms with E-state index in [1.807, 2.05) is 12.3 Å². The smallest absolute Gasteiger partial charge is 0.315 e. The van der Waals surface area contributed by atoms with Crippen molar-refractivity contribution in [1.82, 2.24) is 20.5 Å². The molecule has 0 radical (unpaired) electrons. The number of rotatable bonds is 8. The van der Waals surface area contributed by atoms with E-state index in [0.717, 1.165) is 68.6 Å². The Hall–Kier alpha value is -2.67. The number of nitrogens with zero attached hydrogens (tertiary/aromatic N) is 2. The first-order valence-electron chi connectivity index (χ1n) is 12.6. The van der Waals surface area contributed by atoms with Crippen molar-refractivity contribution in [2.24, 2.45) is 0 Å². The number of carbonyl (C=O) groups excluding carboxylic acids is 1. The number of benzene rings is 1. The van der Waals surface area contributed by atoms with Crippen molar-refractivity contribution >= 4 is 6.03 Å². The maximum atomic E-state index is 13.9. The van der Waals surface area contributed by atoms with Crippen LogP contribution in [0.4, 0.5) is 9.18 Å². The average Bonchev–Trinajstić information content (AvgIpc) is 2.85. The number of urea groups is 1. The van der Waals surface area contributed by atoms with Crippen LogP contribution in [0.2, 0.25) is 0 Å². The molecule has 184 valence electrons. The van der Waals surface area contributed by atoms with Crippen LogP contribution < -0.4 is 15.4 Å². The van der Waals surface area contributed by atoms with Gasteiger partial charge in [-0.3, -0.25) is 4.98 Å². The van der Waals surface area contributed by atoms with Crippen LogP contribution in [0.25, 0.3) is 0 Å². The summed E-state index contributed by atoms with van der Waals surface area (Å²) in [6.45, 7) is 2.58. The Morgan fingerprint density at radius 1 is 1.18 bits per heavy atom. The number of halogens is 1. The minimum Gasteiger partial charge on any atom is -0.496 e. The Balaban J connectivity index is 1.35. The molecule has 2 aromatic rings. The minimum atomic E-state index is -0.219. The summed E-state index contributed by atoms with van der Waals surface area (Å²) in [6.07, 6.45) is 12.0. The Kier molecular flexibility index (Phi) is 8.74. The van der Waals surface area contributed by atoms with E-state index in [4.69, 9.17) is 4.74 Å². The van der Waals surface area contributed by atoms with Crippen molar-refractivity contribution in [3.05, 3.63) is 59.7 Å². The van der Waals surface area contributed by atoms with Crippen LogP contribution >= 0.6 is 0 Å². The van der Waals surface area contributed by atoms with Gasteiger partial charge in [0.2, 0.25) is 0 Å². The summed E-state index contributed by atoms with van der Waals surface area (Å²) in [5, 5.41) is 6.42. The molecular weight excluding hydrogens is 431 g/mol. The standard InChI is InChI=1S/C27H37FN4O2/c1-34-26-10-9-22(28)17-25(26)21-11-14-32(15-12-21)19-24(16-20-6-5-13-29-18-20)31-27(33)30-23-7-3-2-4-8-23/h5-6,9-10,13,17-18,21,23-24H,2-4,7-8,11-12,14-16,19H2,1H3,(H2,30,31,33)/t24-/m1/s1. The van der Waals surface area contributed by atoms with Gasteiger partial charge in [0, 0.05) is 36.6 Å². The maximum absolute atomic E-state index is 13.9. The van der Waals surface area contributed by atoms with Gasteiger partial charge >= 0.3 is 6.03 Å². The van der Waals surface area contributed by atoms with E-state index in [1.54, 1.807) is 25.4 Å². The summed E-state index contributed by atoms with van der Waals surface area (Å²) in [7, 11) is 1.64. The molecule has 0 spiro atoms. The van der Waals surface area contributed by atoms with Crippen molar-refractivity contribution in [3.63, 3.8) is 0 Å². The van der Waals surface area contributed by atoms with Crippen molar-refractivity contribution in [2.45, 2.75) is 69.4 Å². The number of amides is 2. The summed E-state index contributed by atoms with van der Waals surface area (Å²) >= 11 is 0. The molecule has 0 unspecified atom stereocenters. The zero-order chi connectivity index (χ0) is 23.8. The molecule has 2 aliphatic rings. The van der Waals surface area contributed by atoms with Crippen molar-refractivity contribution < 1.29 is 13.9 Å². The summed E-state index contributed by atoms with van der Waals surface area (Å²) in [4.78, 5) is 19.4. The molecule has 1 saturated carbocycles. The summed E-state index contributed by atoms with van der Waals surface area (Å²) < 4.78 is 19.3. The highest BCUT2D eigenvalue weighted by Crippen LogP contribution is 2.34. The highest BCUT2D eigenvalue weighted by atomic mass is 19.1. The second-order valence-electron chi connectivity index (χ2n) is 9.68. The monoisotopic (exact) mass is 468 g/mol. The molecule has 1 aliphatic carbocycles. The van der Waals surface area contributed by atoms with Crippen LogP contribution in [0.3, 0.4) is 0 Å². The van der Waals surface area contributed by atoms with E-state index < -0.39 is 0 Å². The molecule has 2 fully saturated rings. The number of carbonyl (C=O) groups is 1. The second-order valence-corrected chi connectivity index (χ2v) is 9.68. The molecule has 2 heterocycles. The number of aromatic nitrogens is 1. The number of pyridine rings is 1. The second kappa shape index (κ2) is 12.2. The van der Waals surface area contributed by atoms with Crippen molar-refractivity contribution in [1.29, 1.82) is 0 Å². The third kappa shape index (κ3) is 6.92. The van der Waals surface area contributed by atoms with Crippen LogP contribution in [0.5, 0.6) is 5.75 Å². The van der Waals surface area contributed by atoms with Gasteiger partial charge in [0.05, 0.1) is 7.11 Å². The predicted octanol–water partition coefficient (Wildman–Crippen LogP) is 4.65. The Morgan fingerprint density at radius 2 is 1.97 bits per heavy atom. The number of hydrogen-bond donors (Lipinski definition) is 2. The van der Waals surface area contributed by atoms with E-state index in [-0.39, 0.29) is 29.8 Å². The maximum Gasteiger partial charge on any atom is 0.315 e. The SMILES string of the molecule is COc1ccc(F)cc1C1CCN(C[C@@H](Cc2cccnc2)NC(=O)NC2CCCCC2)CC1. The molecular formula is C27H37FN4O2. The largest absolute Gasteiger partial charge is 0.496 e. The quantitative estimate of drug-likeness (QED) is 0.592. The number of piperidine rings is 1. The third-order valence-corrected chi connectivity index (χ3v) is 7.18. The van der Waals surface area contributed by atoms with E-state index in [2.05, 4.69) is 26.6 Å². The first-order valence-corrected chi connectivity index (χ1v) is 12.6. The lowest BCUT2D eigenvalue weighted by molar-refractivity contribution is 0.185. The van der Waals surface area contributed by atoms with Crippen molar-refractivity contribution in [2.75, 3.05) is 26.7 Å². The number of nitrogens with one attached hydrogen (secondary N) is 2. The number of likely N-dealkylation sites (tertiary alicyclic amines) is 1. The molecule has 0 bridgehead atoms. The predicted molar refractivity (Wildman–Crippen MR) is 132 cm³/mol. The molecule has 1 aromatic heterocycles. The molecule has 2 amide bonds. The van der Waals surface area contributed by atoms with Crippen LogP contribution in [0, 0.1) is 5.82 Å². The molecule has 4 rings (SSSR count). The zero-order valence-electron chi connectivity index (χ0n) is 20.1. The van der Waals surface area contributed by atoms with Crippen LogP contribution in [0.1, 0.15) is 62.0 Å². The molecule has 1 aliphatic heterocycles. The molecule has 7 heteroatoms. The van der Waals surface area contributed by atoms with E-state index in [1.165, 1.54) is 25.3 Å². The van der Waals surface area contributed by atoms with Crippen LogP contribution in [-0.2, 0) is 6.42 Å². The van der Waals surface area contributed by atoms with Crippen LogP contribution in [0.15, 0.2) is 42.7 Å².